The second kappa shape index (κ2) is 13.9. The van der Waals surface area contributed by atoms with Crippen LogP contribution in [0.15, 0.2) is 0 Å². The zero-order valence-electron chi connectivity index (χ0n) is 11.2. The highest BCUT2D eigenvalue weighted by Gasteiger charge is 1.98. The van der Waals surface area contributed by atoms with Crippen molar-refractivity contribution in [3.63, 3.8) is 0 Å². The number of hydrogen-bond donors (Lipinski definition) is 1. The topological polar surface area (TPSA) is 51.2 Å². The summed E-state index contributed by atoms with van der Waals surface area (Å²) < 4.78 is 15.9. The smallest absolute Gasteiger partial charge is 0.0701 e. The van der Waals surface area contributed by atoms with E-state index in [0.717, 1.165) is 26.1 Å². The van der Waals surface area contributed by atoms with E-state index in [1.165, 1.54) is 0 Å². The van der Waals surface area contributed by atoms with Crippen LogP contribution >= 0.6 is 0 Å². The van der Waals surface area contributed by atoms with E-state index < -0.39 is 0 Å². The molecular weight excluding hydrogens is 222 g/mol. The third-order valence-electron chi connectivity index (χ3n) is 2.19. The highest BCUT2D eigenvalue weighted by atomic mass is 16.5. The molecule has 0 saturated carbocycles. The molecule has 0 bridgehead atoms. The first-order chi connectivity index (χ1) is 8.31. The second-order valence-corrected chi connectivity index (χ2v) is 3.86. The van der Waals surface area contributed by atoms with Crippen LogP contribution in [-0.4, -0.2) is 76.4 Å². The summed E-state index contributed by atoms with van der Waals surface area (Å²) in [4.78, 5) is 2.14. The lowest BCUT2D eigenvalue weighted by Gasteiger charge is -2.16. The zero-order valence-corrected chi connectivity index (χ0v) is 11.2. The monoisotopic (exact) mass is 249 g/mol. The third kappa shape index (κ3) is 13.7. The van der Waals surface area contributed by atoms with Gasteiger partial charge in [0.05, 0.1) is 39.6 Å². The van der Waals surface area contributed by atoms with Crippen LogP contribution in [0, 0.1) is 0 Å². The molecule has 5 heteroatoms. The summed E-state index contributed by atoms with van der Waals surface area (Å²) in [6.07, 6.45) is 1.05. The molecular formula is C12H27NO4. The number of likely N-dealkylation sites (N-methyl/N-ethyl adjacent to an activating group) is 1. The fraction of sp³-hybridized carbons (Fsp3) is 1.00. The molecule has 0 radical (unpaired) electrons. The lowest BCUT2D eigenvalue weighted by atomic mass is 10.5. The molecule has 0 heterocycles. The van der Waals surface area contributed by atoms with Crippen molar-refractivity contribution in [2.24, 2.45) is 0 Å². The quantitative estimate of drug-likeness (QED) is 0.478. The summed E-state index contributed by atoms with van der Waals surface area (Å²) in [6, 6.07) is 0. The van der Waals surface area contributed by atoms with Crippen molar-refractivity contribution in [2.45, 2.75) is 13.3 Å². The lowest BCUT2D eigenvalue weighted by molar-refractivity contribution is 0.0354. The maximum atomic E-state index is 8.52. The first-order valence-electron chi connectivity index (χ1n) is 6.34. The van der Waals surface area contributed by atoms with Gasteiger partial charge in [-0.05, 0) is 13.5 Å². The van der Waals surface area contributed by atoms with Crippen molar-refractivity contribution >= 4 is 0 Å². The zero-order chi connectivity index (χ0) is 12.8. The Morgan fingerprint density at radius 1 is 0.824 bits per heavy atom. The first-order valence-corrected chi connectivity index (χ1v) is 6.34. The largest absolute Gasteiger partial charge is 0.394 e. The highest BCUT2D eigenvalue weighted by Crippen LogP contribution is 1.86. The Balaban J connectivity index is 3.08. The molecule has 0 unspecified atom stereocenters. The summed E-state index contributed by atoms with van der Waals surface area (Å²) in [5, 5.41) is 8.52. The van der Waals surface area contributed by atoms with Crippen LogP contribution in [0.3, 0.4) is 0 Å². The van der Waals surface area contributed by atoms with Gasteiger partial charge < -0.3 is 24.2 Å². The molecule has 0 rings (SSSR count). The second-order valence-electron chi connectivity index (χ2n) is 3.86. The molecule has 0 spiro atoms. The average molecular weight is 249 g/mol. The average Bonchev–Trinajstić information content (AvgIpc) is 2.33. The molecule has 0 amide bonds. The van der Waals surface area contributed by atoms with Gasteiger partial charge in [0, 0.05) is 19.7 Å². The van der Waals surface area contributed by atoms with E-state index in [0.29, 0.717) is 33.0 Å². The Kier molecular flexibility index (Phi) is 13.7. The van der Waals surface area contributed by atoms with E-state index in [2.05, 4.69) is 11.8 Å². The molecule has 5 nitrogen and oxygen atoms in total. The Morgan fingerprint density at radius 3 is 1.88 bits per heavy atom. The third-order valence-corrected chi connectivity index (χ3v) is 2.19. The Morgan fingerprint density at radius 2 is 1.35 bits per heavy atom. The van der Waals surface area contributed by atoms with Gasteiger partial charge in [-0.3, -0.25) is 0 Å². The van der Waals surface area contributed by atoms with Gasteiger partial charge in [0.25, 0.3) is 0 Å². The van der Waals surface area contributed by atoms with E-state index >= 15 is 0 Å². The highest BCUT2D eigenvalue weighted by molar-refractivity contribution is 4.49. The normalized spacial score (nSPS) is 11.3. The predicted octanol–water partition coefficient (Wildman–Crippen LogP) is 0.370. The van der Waals surface area contributed by atoms with Crippen molar-refractivity contribution in [2.75, 3.05) is 66.4 Å². The molecule has 0 saturated heterocycles. The molecule has 1 N–H and O–H groups in total. The van der Waals surface area contributed by atoms with Crippen LogP contribution in [0.1, 0.15) is 13.3 Å². The SMILES string of the molecule is CCCOCCOCCN(C)CCOCCO. The van der Waals surface area contributed by atoms with E-state index in [1.54, 1.807) is 0 Å². The van der Waals surface area contributed by atoms with Crippen molar-refractivity contribution < 1.29 is 19.3 Å². The number of nitrogens with zero attached hydrogens (tertiary/aromatic N) is 1. The van der Waals surface area contributed by atoms with Gasteiger partial charge in [0.2, 0.25) is 0 Å². The van der Waals surface area contributed by atoms with Crippen LogP contribution in [0.4, 0.5) is 0 Å². The number of aliphatic hydroxyl groups is 1. The maximum Gasteiger partial charge on any atom is 0.0701 e. The van der Waals surface area contributed by atoms with Crippen LogP contribution in [-0.2, 0) is 14.2 Å². The molecule has 17 heavy (non-hydrogen) atoms. The van der Waals surface area contributed by atoms with E-state index in [-0.39, 0.29) is 6.61 Å². The lowest BCUT2D eigenvalue weighted by Crippen LogP contribution is -2.27. The summed E-state index contributed by atoms with van der Waals surface area (Å²) in [6.45, 7) is 7.85. The fourth-order valence-electron chi connectivity index (χ4n) is 1.19. The van der Waals surface area contributed by atoms with E-state index in [4.69, 9.17) is 19.3 Å². The fourth-order valence-corrected chi connectivity index (χ4v) is 1.19. The van der Waals surface area contributed by atoms with E-state index in [9.17, 15) is 0 Å². The molecule has 104 valence electrons. The minimum atomic E-state index is 0.0879. The van der Waals surface area contributed by atoms with Gasteiger partial charge in [-0.15, -0.1) is 0 Å². The van der Waals surface area contributed by atoms with Crippen LogP contribution < -0.4 is 0 Å². The van der Waals surface area contributed by atoms with Gasteiger partial charge in [-0.25, -0.2) is 0 Å². The Hall–Kier alpha value is -0.200. The number of ether oxygens (including phenoxy) is 3. The Labute approximate surface area is 105 Å². The van der Waals surface area contributed by atoms with Crippen LogP contribution in [0.25, 0.3) is 0 Å². The molecule has 0 aromatic rings. The number of aliphatic hydroxyl groups excluding tert-OH is 1. The summed E-state index contributed by atoms with van der Waals surface area (Å²) >= 11 is 0. The standard InChI is InChI=1S/C12H27NO4/c1-3-7-15-11-12-17-9-5-13(2)4-8-16-10-6-14/h14H,3-12H2,1-2H3. The predicted molar refractivity (Wildman–Crippen MR) is 67.3 cm³/mol. The minimum Gasteiger partial charge on any atom is -0.394 e. The first kappa shape index (κ1) is 16.8. The molecule has 0 aromatic carbocycles. The van der Waals surface area contributed by atoms with Gasteiger partial charge >= 0.3 is 0 Å². The van der Waals surface area contributed by atoms with Gasteiger partial charge in [0.1, 0.15) is 0 Å². The molecule has 0 aromatic heterocycles. The molecule has 0 aliphatic rings. The van der Waals surface area contributed by atoms with E-state index in [1.807, 2.05) is 7.05 Å². The van der Waals surface area contributed by atoms with Crippen molar-refractivity contribution in [3.05, 3.63) is 0 Å². The summed E-state index contributed by atoms with van der Waals surface area (Å²) in [5.74, 6) is 0. The summed E-state index contributed by atoms with van der Waals surface area (Å²) in [7, 11) is 2.03. The van der Waals surface area contributed by atoms with Crippen molar-refractivity contribution in [1.82, 2.24) is 4.90 Å². The molecule has 0 aliphatic carbocycles. The maximum absolute atomic E-state index is 8.52. The number of hydrogen-bond acceptors (Lipinski definition) is 5. The number of rotatable bonds is 13. The summed E-state index contributed by atoms with van der Waals surface area (Å²) in [5.41, 5.74) is 0. The van der Waals surface area contributed by atoms with Crippen LogP contribution in [0.5, 0.6) is 0 Å². The van der Waals surface area contributed by atoms with Gasteiger partial charge in [-0.1, -0.05) is 6.92 Å². The van der Waals surface area contributed by atoms with Crippen LogP contribution in [0.2, 0.25) is 0 Å². The molecule has 0 fully saturated rings. The van der Waals surface area contributed by atoms with Gasteiger partial charge in [0.15, 0.2) is 0 Å². The van der Waals surface area contributed by atoms with Gasteiger partial charge in [-0.2, -0.15) is 0 Å². The van der Waals surface area contributed by atoms with Crippen molar-refractivity contribution in [3.8, 4) is 0 Å². The van der Waals surface area contributed by atoms with Crippen molar-refractivity contribution in [1.29, 1.82) is 0 Å². The molecule has 0 atom stereocenters. The Bertz CT molecular complexity index is 146. The molecule has 0 aliphatic heterocycles. The minimum absolute atomic E-state index is 0.0879.